The Bertz CT molecular complexity index is 173. The van der Waals surface area contributed by atoms with Crippen molar-refractivity contribution in [3.05, 3.63) is 11.8 Å². The molecule has 0 unspecified atom stereocenters. The van der Waals surface area contributed by atoms with E-state index in [4.69, 9.17) is 10.8 Å². The van der Waals surface area contributed by atoms with Crippen LogP contribution in [0, 0.1) is 0 Å². The molecule has 0 aromatic rings. The lowest BCUT2D eigenvalue weighted by Gasteiger charge is -1.92. The number of nitrogens with two attached hydrogens (primary N) is 1. The molecule has 0 aliphatic carbocycles. The van der Waals surface area contributed by atoms with Gasteiger partial charge in [-0.25, -0.2) is 0 Å². The van der Waals surface area contributed by atoms with Crippen molar-refractivity contribution >= 4 is 12.2 Å². The monoisotopic (exact) mass is 142 g/mol. The third-order valence-electron chi connectivity index (χ3n) is 0.864. The maximum absolute atomic E-state index is 10.1. The van der Waals surface area contributed by atoms with Crippen LogP contribution in [0.5, 0.6) is 0 Å². The fourth-order valence-electron chi connectivity index (χ4n) is 0.488. The molecule has 56 valence electrons. The van der Waals surface area contributed by atoms with Crippen molar-refractivity contribution in [3.63, 3.8) is 0 Å². The van der Waals surface area contributed by atoms with E-state index in [2.05, 4.69) is 4.99 Å². The van der Waals surface area contributed by atoms with Gasteiger partial charge in [0.2, 0.25) is 0 Å². The fraction of sp³-hybridized carbons (Fsp3) is 0.333. The van der Waals surface area contributed by atoms with E-state index in [-0.39, 0.29) is 6.42 Å². The minimum atomic E-state index is -0.906. The van der Waals surface area contributed by atoms with Gasteiger partial charge in [0, 0.05) is 13.3 Å². The van der Waals surface area contributed by atoms with E-state index in [1.807, 2.05) is 0 Å². The molecule has 0 rings (SSSR count). The highest BCUT2D eigenvalue weighted by Gasteiger charge is 1.98. The zero-order valence-electron chi connectivity index (χ0n) is 5.74. The minimum Gasteiger partial charge on any atom is -0.481 e. The molecule has 0 amide bonds. The second-order valence-corrected chi connectivity index (χ2v) is 1.70. The number of hydrogen-bond acceptors (Lipinski definition) is 3. The van der Waals surface area contributed by atoms with Crippen LogP contribution < -0.4 is 5.73 Å². The average Bonchev–Trinajstić information content (AvgIpc) is 1.86. The van der Waals surface area contributed by atoms with Crippen LogP contribution in [0.25, 0.3) is 0 Å². The van der Waals surface area contributed by atoms with E-state index in [9.17, 15) is 4.79 Å². The fourth-order valence-corrected chi connectivity index (χ4v) is 0.488. The maximum Gasteiger partial charge on any atom is 0.307 e. The van der Waals surface area contributed by atoms with Crippen LogP contribution in [0.4, 0.5) is 0 Å². The molecule has 0 radical (unpaired) electrons. The third-order valence-corrected chi connectivity index (χ3v) is 0.864. The molecular formula is C6H10N2O2. The van der Waals surface area contributed by atoms with E-state index < -0.39 is 5.97 Å². The van der Waals surface area contributed by atoms with Gasteiger partial charge in [0.15, 0.2) is 0 Å². The van der Waals surface area contributed by atoms with E-state index >= 15 is 0 Å². The summed E-state index contributed by atoms with van der Waals surface area (Å²) in [6.07, 6.45) is 2.59. The van der Waals surface area contributed by atoms with E-state index in [0.29, 0.717) is 5.57 Å². The van der Waals surface area contributed by atoms with Gasteiger partial charge >= 0.3 is 5.97 Å². The molecule has 0 saturated heterocycles. The highest BCUT2D eigenvalue weighted by atomic mass is 16.4. The minimum absolute atomic E-state index is 0.0756. The zero-order chi connectivity index (χ0) is 7.98. The molecule has 0 spiro atoms. The largest absolute Gasteiger partial charge is 0.481 e. The van der Waals surface area contributed by atoms with Crippen molar-refractivity contribution in [2.45, 2.75) is 6.42 Å². The molecule has 0 bridgehead atoms. The molecule has 0 atom stereocenters. The Kier molecular flexibility index (Phi) is 3.95. The summed E-state index contributed by atoms with van der Waals surface area (Å²) in [5.41, 5.74) is 5.60. The third kappa shape index (κ3) is 3.65. The van der Waals surface area contributed by atoms with Gasteiger partial charge in [0.05, 0.1) is 6.42 Å². The Labute approximate surface area is 59.1 Å². The van der Waals surface area contributed by atoms with Crippen molar-refractivity contribution in [2.75, 3.05) is 7.05 Å². The molecule has 0 aliphatic heterocycles. The van der Waals surface area contributed by atoms with Crippen molar-refractivity contribution in [1.82, 2.24) is 0 Å². The van der Waals surface area contributed by atoms with Crippen molar-refractivity contribution in [3.8, 4) is 0 Å². The Hall–Kier alpha value is -1.32. The number of carbonyl (C=O) groups is 1. The molecule has 0 aliphatic rings. The second-order valence-electron chi connectivity index (χ2n) is 1.70. The summed E-state index contributed by atoms with van der Waals surface area (Å²) in [7, 11) is 1.56. The topological polar surface area (TPSA) is 75.7 Å². The molecule has 10 heavy (non-hydrogen) atoms. The van der Waals surface area contributed by atoms with Crippen LogP contribution in [0.3, 0.4) is 0 Å². The number of rotatable bonds is 3. The second kappa shape index (κ2) is 4.55. The SMILES string of the molecule is CN=CC(=CN)CC(=O)O. The lowest BCUT2D eigenvalue weighted by molar-refractivity contribution is -0.136. The molecule has 0 saturated carbocycles. The Morgan fingerprint density at radius 2 is 2.40 bits per heavy atom. The van der Waals surface area contributed by atoms with Crippen molar-refractivity contribution in [1.29, 1.82) is 0 Å². The quantitative estimate of drug-likeness (QED) is 0.545. The number of carboxylic acids is 1. The molecule has 0 aromatic carbocycles. The Morgan fingerprint density at radius 1 is 1.80 bits per heavy atom. The maximum atomic E-state index is 10.1. The van der Waals surface area contributed by atoms with Crippen LogP contribution in [0.15, 0.2) is 16.8 Å². The summed E-state index contributed by atoms with van der Waals surface area (Å²) in [5, 5.41) is 8.28. The van der Waals surface area contributed by atoms with Crippen molar-refractivity contribution < 1.29 is 9.90 Å². The Morgan fingerprint density at radius 3 is 2.70 bits per heavy atom. The normalized spacial score (nSPS) is 12.3. The number of carboxylic acid groups (broad SMARTS) is 1. The lowest BCUT2D eigenvalue weighted by Crippen LogP contribution is -2.00. The smallest absolute Gasteiger partial charge is 0.307 e. The number of hydrogen-bond donors (Lipinski definition) is 2. The summed E-state index contributed by atoms with van der Waals surface area (Å²) < 4.78 is 0. The molecule has 3 N–H and O–H groups in total. The molecule has 0 heterocycles. The van der Waals surface area contributed by atoms with Crippen LogP contribution in [-0.4, -0.2) is 24.3 Å². The summed E-state index contributed by atoms with van der Waals surface area (Å²) in [6, 6.07) is 0. The highest BCUT2D eigenvalue weighted by Crippen LogP contribution is 1.94. The predicted molar refractivity (Wildman–Crippen MR) is 38.9 cm³/mol. The summed E-state index contributed by atoms with van der Waals surface area (Å²) >= 11 is 0. The predicted octanol–water partition coefficient (Wildman–Crippen LogP) is 0.00430. The molecule has 4 heteroatoms. The van der Waals surface area contributed by atoms with E-state index in [1.54, 1.807) is 7.05 Å². The van der Waals surface area contributed by atoms with Gasteiger partial charge in [-0.3, -0.25) is 9.79 Å². The van der Waals surface area contributed by atoms with Gasteiger partial charge in [0.25, 0.3) is 0 Å². The van der Waals surface area contributed by atoms with Crippen LogP contribution in [-0.2, 0) is 4.79 Å². The van der Waals surface area contributed by atoms with Crippen molar-refractivity contribution in [2.24, 2.45) is 10.7 Å². The molecular weight excluding hydrogens is 132 g/mol. The summed E-state index contributed by atoms with van der Waals surface area (Å²) in [4.78, 5) is 13.7. The van der Waals surface area contributed by atoms with Crippen LogP contribution >= 0.6 is 0 Å². The van der Waals surface area contributed by atoms with Crippen LogP contribution in [0.2, 0.25) is 0 Å². The van der Waals surface area contributed by atoms with Gasteiger partial charge in [-0.05, 0) is 11.8 Å². The van der Waals surface area contributed by atoms with Gasteiger partial charge in [-0.15, -0.1) is 0 Å². The zero-order valence-corrected chi connectivity index (χ0v) is 5.74. The molecule has 0 fully saturated rings. The van der Waals surface area contributed by atoms with E-state index in [0.717, 1.165) is 0 Å². The Balaban J connectivity index is 3.98. The molecule has 0 aromatic heterocycles. The van der Waals surface area contributed by atoms with Gasteiger partial charge in [0.1, 0.15) is 0 Å². The first kappa shape index (κ1) is 8.68. The average molecular weight is 142 g/mol. The van der Waals surface area contributed by atoms with E-state index in [1.165, 1.54) is 12.4 Å². The number of aliphatic imine (C=N–C) groups is 1. The van der Waals surface area contributed by atoms with Gasteiger partial charge in [-0.2, -0.15) is 0 Å². The highest BCUT2D eigenvalue weighted by molar-refractivity contribution is 5.86. The summed E-state index contributed by atoms with van der Waals surface area (Å²) in [6.45, 7) is 0. The van der Waals surface area contributed by atoms with Crippen LogP contribution in [0.1, 0.15) is 6.42 Å². The first-order valence-corrected chi connectivity index (χ1v) is 2.75. The standard InChI is InChI=1S/C6H10N2O2/c1-8-4-5(3-7)2-6(9)10/h3-4H,2,7H2,1H3,(H,9,10). The van der Waals surface area contributed by atoms with Gasteiger partial charge < -0.3 is 10.8 Å². The number of aliphatic carboxylic acids is 1. The lowest BCUT2D eigenvalue weighted by atomic mass is 10.2. The molecule has 4 nitrogen and oxygen atoms in total. The van der Waals surface area contributed by atoms with Gasteiger partial charge in [-0.1, -0.05) is 0 Å². The number of nitrogens with zero attached hydrogens (tertiary/aromatic N) is 1. The summed E-state index contributed by atoms with van der Waals surface area (Å²) in [5.74, 6) is -0.906. The first-order valence-electron chi connectivity index (χ1n) is 2.75. The first-order chi connectivity index (χ1) is 4.70.